The summed E-state index contributed by atoms with van der Waals surface area (Å²) < 4.78 is 5.56. The van der Waals surface area contributed by atoms with Crippen molar-refractivity contribution in [3.8, 4) is 11.1 Å². The number of hydrogen-bond donors (Lipinski definition) is 3. The van der Waals surface area contributed by atoms with Gasteiger partial charge in [0.25, 0.3) is 0 Å². The Hall–Kier alpha value is -3.35. The second-order valence-corrected chi connectivity index (χ2v) is 9.22. The van der Waals surface area contributed by atoms with Gasteiger partial charge in [-0.05, 0) is 41.0 Å². The minimum atomic E-state index is -0.939. The quantitative estimate of drug-likeness (QED) is 0.450. The molecule has 2 aromatic rings. The third kappa shape index (κ3) is 6.16. The third-order valence-corrected chi connectivity index (χ3v) is 6.16. The number of rotatable bonds is 11. The van der Waals surface area contributed by atoms with E-state index < -0.39 is 29.9 Å². The van der Waals surface area contributed by atoms with E-state index in [1.54, 1.807) is 0 Å². The molecule has 2 atom stereocenters. The maximum Gasteiger partial charge on any atom is 0.407 e. The molecule has 0 saturated heterocycles. The summed E-state index contributed by atoms with van der Waals surface area (Å²) in [7, 11) is 0. The molecule has 1 unspecified atom stereocenters. The average molecular weight is 467 g/mol. The minimum Gasteiger partial charge on any atom is -0.481 e. The maximum atomic E-state index is 12.7. The van der Waals surface area contributed by atoms with Crippen LogP contribution in [-0.2, 0) is 14.3 Å². The van der Waals surface area contributed by atoms with E-state index in [0.29, 0.717) is 19.3 Å². The Balaban J connectivity index is 1.59. The number of fused-ring (bicyclic) bond motifs is 3. The average Bonchev–Trinajstić information content (AvgIpc) is 3.13. The molecule has 3 rings (SSSR count). The predicted octanol–water partition coefficient (Wildman–Crippen LogP) is 4.56. The Bertz CT molecular complexity index is 974. The molecule has 3 N–H and O–H groups in total. The summed E-state index contributed by atoms with van der Waals surface area (Å²) in [5.41, 5.74) is 4.52. The van der Waals surface area contributed by atoms with E-state index in [4.69, 9.17) is 4.74 Å². The molecule has 2 amide bonds. The van der Waals surface area contributed by atoms with Crippen molar-refractivity contribution in [3.63, 3.8) is 0 Å². The fourth-order valence-electron chi connectivity index (χ4n) is 4.53. The number of carboxylic acids is 1. The highest BCUT2D eigenvalue weighted by Gasteiger charge is 2.30. The van der Waals surface area contributed by atoms with Gasteiger partial charge in [0.15, 0.2) is 0 Å². The third-order valence-electron chi connectivity index (χ3n) is 6.16. The molecule has 0 bridgehead atoms. The number of aliphatic carboxylic acids is 1. The van der Waals surface area contributed by atoms with Crippen LogP contribution in [0.15, 0.2) is 48.5 Å². The number of alkyl carbamates (subject to hydrolysis) is 1. The fraction of sp³-hybridized carbons (Fsp3) is 0.444. The number of carbonyl (C=O) groups excluding carboxylic acids is 2. The van der Waals surface area contributed by atoms with E-state index in [-0.39, 0.29) is 25.0 Å². The van der Waals surface area contributed by atoms with Crippen LogP contribution in [0.25, 0.3) is 11.1 Å². The zero-order chi connectivity index (χ0) is 24.7. The largest absolute Gasteiger partial charge is 0.481 e. The highest BCUT2D eigenvalue weighted by molar-refractivity contribution is 5.86. The molecule has 0 spiro atoms. The van der Waals surface area contributed by atoms with Gasteiger partial charge < -0.3 is 20.5 Å². The molecular formula is C27H34N2O5. The Labute approximate surface area is 200 Å². The van der Waals surface area contributed by atoms with Crippen molar-refractivity contribution in [2.24, 2.45) is 11.8 Å². The summed E-state index contributed by atoms with van der Waals surface area (Å²) in [6.45, 7) is 5.99. The summed E-state index contributed by atoms with van der Waals surface area (Å²) in [4.78, 5) is 36.8. The lowest BCUT2D eigenvalue weighted by Crippen LogP contribution is -2.48. The highest BCUT2D eigenvalue weighted by atomic mass is 16.5. The first-order chi connectivity index (χ1) is 16.3. The highest BCUT2D eigenvalue weighted by Crippen LogP contribution is 2.44. The van der Waals surface area contributed by atoms with Gasteiger partial charge in [-0.25, -0.2) is 4.79 Å². The lowest BCUT2D eigenvalue weighted by molar-refractivity contribution is -0.142. The normalized spacial score (nSPS) is 14.1. The van der Waals surface area contributed by atoms with Gasteiger partial charge in [0, 0.05) is 12.5 Å². The van der Waals surface area contributed by atoms with Crippen LogP contribution in [0.2, 0.25) is 0 Å². The van der Waals surface area contributed by atoms with Gasteiger partial charge in [0.2, 0.25) is 5.91 Å². The molecular weight excluding hydrogens is 432 g/mol. The van der Waals surface area contributed by atoms with E-state index in [1.807, 2.05) is 57.2 Å². The fourth-order valence-corrected chi connectivity index (χ4v) is 4.53. The summed E-state index contributed by atoms with van der Waals surface area (Å²) in [6, 6.07) is 15.4. The molecule has 1 aliphatic carbocycles. The molecule has 0 fully saturated rings. The first-order valence-corrected chi connectivity index (χ1v) is 11.9. The molecule has 0 saturated carbocycles. The number of ether oxygens (including phenoxy) is 1. The Morgan fingerprint density at radius 3 is 2.12 bits per heavy atom. The van der Waals surface area contributed by atoms with Crippen LogP contribution >= 0.6 is 0 Å². The zero-order valence-corrected chi connectivity index (χ0v) is 20.0. The van der Waals surface area contributed by atoms with Crippen LogP contribution in [0.3, 0.4) is 0 Å². The molecule has 1 aliphatic rings. The lowest BCUT2D eigenvalue weighted by atomic mass is 9.97. The smallest absolute Gasteiger partial charge is 0.407 e. The molecule has 34 heavy (non-hydrogen) atoms. The maximum absolute atomic E-state index is 12.7. The van der Waals surface area contributed by atoms with E-state index in [9.17, 15) is 19.5 Å². The van der Waals surface area contributed by atoms with Gasteiger partial charge in [-0.15, -0.1) is 0 Å². The van der Waals surface area contributed by atoms with Gasteiger partial charge in [0.05, 0.1) is 5.92 Å². The summed E-state index contributed by atoms with van der Waals surface area (Å²) in [5, 5.41) is 14.8. The molecule has 2 aromatic carbocycles. The van der Waals surface area contributed by atoms with Gasteiger partial charge >= 0.3 is 12.1 Å². The predicted molar refractivity (Wildman–Crippen MR) is 130 cm³/mol. The molecule has 0 heterocycles. The van der Waals surface area contributed by atoms with Crippen molar-refractivity contribution in [3.05, 3.63) is 59.7 Å². The van der Waals surface area contributed by atoms with Crippen LogP contribution in [-0.4, -0.2) is 42.3 Å². The lowest BCUT2D eigenvalue weighted by Gasteiger charge is -2.21. The second-order valence-electron chi connectivity index (χ2n) is 9.22. The van der Waals surface area contributed by atoms with Gasteiger partial charge in [-0.2, -0.15) is 0 Å². The molecule has 0 radical (unpaired) electrons. The Morgan fingerprint density at radius 2 is 1.59 bits per heavy atom. The topological polar surface area (TPSA) is 105 Å². The second kappa shape index (κ2) is 11.7. The summed E-state index contributed by atoms with van der Waals surface area (Å²) in [5.74, 6) is -1.87. The van der Waals surface area contributed by atoms with Crippen molar-refractivity contribution in [1.82, 2.24) is 10.6 Å². The number of nitrogens with one attached hydrogen (secondary N) is 2. The van der Waals surface area contributed by atoms with Crippen molar-refractivity contribution < 1.29 is 24.2 Å². The van der Waals surface area contributed by atoms with Crippen LogP contribution in [0.4, 0.5) is 4.79 Å². The summed E-state index contributed by atoms with van der Waals surface area (Å²) in [6.07, 6.45) is 0.912. The van der Waals surface area contributed by atoms with Crippen molar-refractivity contribution in [2.45, 2.75) is 52.0 Å². The van der Waals surface area contributed by atoms with Gasteiger partial charge in [-0.1, -0.05) is 75.7 Å². The number of benzene rings is 2. The van der Waals surface area contributed by atoms with Crippen molar-refractivity contribution >= 4 is 18.0 Å². The zero-order valence-electron chi connectivity index (χ0n) is 20.0. The summed E-state index contributed by atoms with van der Waals surface area (Å²) >= 11 is 0. The van der Waals surface area contributed by atoms with E-state index in [2.05, 4.69) is 22.8 Å². The van der Waals surface area contributed by atoms with E-state index in [1.165, 1.54) is 0 Å². The molecule has 182 valence electrons. The van der Waals surface area contributed by atoms with Crippen LogP contribution in [0.5, 0.6) is 0 Å². The van der Waals surface area contributed by atoms with E-state index >= 15 is 0 Å². The number of carbonyl (C=O) groups is 3. The van der Waals surface area contributed by atoms with E-state index in [0.717, 1.165) is 22.3 Å². The Morgan fingerprint density at radius 1 is 1.00 bits per heavy atom. The molecule has 7 heteroatoms. The van der Waals surface area contributed by atoms with Gasteiger partial charge in [-0.3, -0.25) is 9.59 Å². The van der Waals surface area contributed by atoms with Crippen LogP contribution < -0.4 is 10.6 Å². The van der Waals surface area contributed by atoms with Crippen LogP contribution in [0.1, 0.15) is 57.1 Å². The molecule has 0 aromatic heterocycles. The standard InChI is InChI=1S/C27H34N2O5/c1-4-9-24(25(30)28-15-18(26(31)32)14-17(2)3)29-27(33)34-16-23-21-12-7-5-10-19(21)20-11-6-8-13-22(20)23/h5-8,10-13,17-18,23-24H,4,9,14-16H2,1-3H3,(H,28,30)(H,29,33)(H,31,32)/t18?,24-/m0/s1. The SMILES string of the molecule is CCC[C@H](NC(=O)OCC1c2ccccc2-c2ccccc21)C(=O)NCC(CC(C)C)C(=O)O. The molecule has 0 aliphatic heterocycles. The Kier molecular flexibility index (Phi) is 8.68. The first-order valence-electron chi connectivity index (χ1n) is 11.9. The van der Waals surface area contributed by atoms with Crippen LogP contribution in [0, 0.1) is 11.8 Å². The van der Waals surface area contributed by atoms with Crippen molar-refractivity contribution in [1.29, 1.82) is 0 Å². The monoisotopic (exact) mass is 466 g/mol. The number of amides is 2. The molecule has 7 nitrogen and oxygen atoms in total. The first kappa shape index (κ1) is 25.3. The van der Waals surface area contributed by atoms with Crippen molar-refractivity contribution in [2.75, 3.05) is 13.2 Å². The number of carboxylic acid groups (broad SMARTS) is 1. The minimum absolute atomic E-state index is 0.0267. The number of hydrogen-bond acceptors (Lipinski definition) is 4. The van der Waals surface area contributed by atoms with Gasteiger partial charge in [0.1, 0.15) is 12.6 Å².